The van der Waals surface area contributed by atoms with Gasteiger partial charge in [0, 0.05) is 36.0 Å². The van der Waals surface area contributed by atoms with Crippen molar-refractivity contribution in [2.45, 2.75) is 25.8 Å². The molecule has 0 aliphatic heterocycles. The number of fused-ring (bicyclic) bond motifs is 1. The number of aromatic nitrogens is 2. The van der Waals surface area contributed by atoms with Crippen LogP contribution in [-0.4, -0.2) is 21.0 Å². The van der Waals surface area contributed by atoms with Gasteiger partial charge in [-0.3, -0.25) is 14.8 Å². The summed E-state index contributed by atoms with van der Waals surface area (Å²) in [5, 5.41) is 14.5. The Bertz CT molecular complexity index is 850. The average molecular weight is 321 g/mol. The second kappa shape index (κ2) is 7.08. The minimum atomic E-state index is -0.446. The first-order valence-electron chi connectivity index (χ1n) is 7.96. The molecule has 1 amide bonds. The van der Waals surface area contributed by atoms with Gasteiger partial charge >= 0.3 is 0 Å². The topological polar surface area (TPSA) is 75.1 Å². The lowest BCUT2D eigenvalue weighted by atomic mass is 9.96. The second-order valence-corrected chi connectivity index (χ2v) is 5.61. The Kier molecular flexibility index (Phi) is 4.70. The number of rotatable bonds is 5. The number of hydrogen-bond donors (Lipinski definition) is 2. The molecule has 2 heterocycles. The highest BCUT2D eigenvalue weighted by Gasteiger charge is 2.21. The predicted octanol–water partition coefficient (Wildman–Crippen LogP) is 3.34. The van der Waals surface area contributed by atoms with Gasteiger partial charge in [0.15, 0.2) is 0 Å². The van der Waals surface area contributed by atoms with Gasteiger partial charge in [-0.1, -0.05) is 25.1 Å². The van der Waals surface area contributed by atoms with E-state index in [4.69, 9.17) is 0 Å². The van der Waals surface area contributed by atoms with Crippen LogP contribution in [0, 0.1) is 0 Å². The molecule has 0 bridgehead atoms. The van der Waals surface area contributed by atoms with E-state index in [1.165, 1.54) is 0 Å². The largest absolute Gasteiger partial charge is 0.505 e. The number of phenolic OH excluding ortho intramolecular Hbond substituents is 1. The molecule has 3 aromatic rings. The Morgan fingerprint density at radius 3 is 2.71 bits per heavy atom. The van der Waals surface area contributed by atoms with E-state index in [2.05, 4.69) is 15.3 Å². The van der Waals surface area contributed by atoms with E-state index in [0.717, 1.165) is 17.4 Å². The third-order valence-electron chi connectivity index (χ3n) is 3.91. The number of benzene rings is 1. The predicted molar refractivity (Wildman–Crippen MR) is 92.5 cm³/mol. The quantitative estimate of drug-likeness (QED) is 0.756. The zero-order valence-electron chi connectivity index (χ0n) is 13.4. The summed E-state index contributed by atoms with van der Waals surface area (Å²) in [6.07, 6.45) is 6.19. The van der Waals surface area contributed by atoms with Crippen LogP contribution in [0.2, 0.25) is 0 Å². The van der Waals surface area contributed by atoms with Crippen molar-refractivity contribution in [2.75, 3.05) is 0 Å². The van der Waals surface area contributed by atoms with Gasteiger partial charge in [0.05, 0.1) is 6.04 Å². The van der Waals surface area contributed by atoms with Crippen LogP contribution in [0.3, 0.4) is 0 Å². The maximum Gasteiger partial charge on any atom is 0.220 e. The van der Waals surface area contributed by atoms with Crippen LogP contribution in [0.15, 0.2) is 55.0 Å². The molecule has 0 spiro atoms. The molecule has 24 heavy (non-hydrogen) atoms. The minimum Gasteiger partial charge on any atom is -0.505 e. The summed E-state index contributed by atoms with van der Waals surface area (Å²) < 4.78 is 0. The van der Waals surface area contributed by atoms with Crippen LogP contribution in [-0.2, 0) is 4.79 Å². The fourth-order valence-corrected chi connectivity index (χ4v) is 2.74. The number of carbonyl (C=O) groups is 1. The molecule has 5 heteroatoms. The van der Waals surface area contributed by atoms with E-state index < -0.39 is 6.04 Å². The van der Waals surface area contributed by atoms with Crippen molar-refractivity contribution >= 4 is 16.8 Å². The van der Waals surface area contributed by atoms with Crippen molar-refractivity contribution in [3.05, 3.63) is 66.1 Å². The summed E-state index contributed by atoms with van der Waals surface area (Å²) in [4.78, 5) is 20.4. The van der Waals surface area contributed by atoms with Crippen molar-refractivity contribution in [3.63, 3.8) is 0 Å². The number of nitrogens with zero attached hydrogens (tertiary/aromatic N) is 2. The molecule has 0 aliphatic carbocycles. The van der Waals surface area contributed by atoms with Crippen LogP contribution < -0.4 is 5.32 Å². The Hall–Kier alpha value is -2.95. The van der Waals surface area contributed by atoms with Crippen LogP contribution in [0.25, 0.3) is 10.9 Å². The molecule has 0 saturated carbocycles. The van der Waals surface area contributed by atoms with Gasteiger partial charge in [-0.05, 0) is 30.2 Å². The molecule has 122 valence electrons. The molecule has 1 aromatic carbocycles. The molecule has 0 fully saturated rings. The normalized spacial score (nSPS) is 12.0. The van der Waals surface area contributed by atoms with E-state index in [-0.39, 0.29) is 11.7 Å². The number of phenols is 1. The van der Waals surface area contributed by atoms with Crippen molar-refractivity contribution in [1.82, 2.24) is 15.3 Å². The summed E-state index contributed by atoms with van der Waals surface area (Å²) in [6.45, 7) is 1.96. The fraction of sp³-hybridized carbons (Fsp3) is 0.211. The Morgan fingerprint density at radius 1 is 1.17 bits per heavy atom. The van der Waals surface area contributed by atoms with Gasteiger partial charge in [-0.15, -0.1) is 0 Å². The summed E-state index contributed by atoms with van der Waals surface area (Å²) >= 11 is 0. The van der Waals surface area contributed by atoms with Gasteiger partial charge < -0.3 is 10.4 Å². The number of hydrogen-bond acceptors (Lipinski definition) is 4. The molecule has 0 aliphatic rings. The van der Waals surface area contributed by atoms with Gasteiger partial charge in [-0.25, -0.2) is 0 Å². The third kappa shape index (κ3) is 3.20. The van der Waals surface area contributed by atoms with Crippen LogP contribution in [0.5, 0.6) is 5.75 Å². The smallest absolute Gasteiger partial charge is 0.220 e. The van der Waals surface area contributed by atoms with E-state index in [1.807, 2.05) is 43.3 Å². The number of carbonyl (C=O) groups excluding carboxylic acids is 1. The Labute approximate surface area is 140 Å². The van der Waals surface area contributed by atoms with Gasteiger partial charge in [0.25, 0.3) is 0 Å². The summed E-state index contributed by atoms with van der Waals surface area (Å²) in [5.41, 5.74) is 2.01. The molecule has 5 nitrogen and oxygen atoms in total. The Balaban J connectivity index is 2.08. The molecular weight excluding hydrogens is 302 g/mol. The van der Waals surface area contributed by atoms with Crippen LogP contribution >= 0.6 is 0 Å². The molecule has 0 saturated heterocycles. The van der Waals surface area contributed by atoms with Crippen molar-refractivity contribution in [1.29, 1.82) is 0 Å². The van der Waals surface area contributed by atoms with Crippen LogP contribution in [0.1, 0.15) is 36.9 Å². The Morgan fingerprint density at radius 2 is 1.96 bits per heavy atom. The molecule has 2 aromatic heterocycles. The highest BCUT2D eigenvalue weighted by molar-refractivity contribution is 5.86. The zero-order chi connectivity index (χ0) is 16.9. The number of pyridine rings is 2. The fourth-order valence-electron chi connectivity index (χ4n) is 2.74. The molecular formula is C19H19N3O2. The standard InChI is InChI=1S/C19H19N3O2/c1-2-4-16(23)22-17(14-8-11-20-12-9-14)15-7-6-13-5-3-10-21-18(13)19(15)24/h3,5-12,17,24H,2,4H2,1H3,(H,22,23). The number of amides is 1. The number of aromatic hydroxyl groups is 1. The maximum atomic E-state index is 12.2. The summed E-state index contributed by atoms with van der Waals surface area (Å²) in [7, 11) is 0. The number of nitrogens with one attached hydrogen (secondary N) is 1. The SMILES string of the molecule is CCCC(=O)NC(c1ccncc1)c1ccc2cccnc2c1O. The van der Waals surface area contributed by atoms with E-state index in [1.54, 1.807) is 18.6 Å². The van der Waals surface area contributed by atoms with Gasteiger partial charge in [0.2, 0.25) is 5.91 Å². The maximum absolute atomic E-state index is 12.2. The van der Waals surface area contributed by atoms with E-state index in [0.29, 0.717) is 17.5 Å². The lowest BCUT2D eigenvalue weighted by Gasteiger charge is -2.21. The average Bonchev–Trinajstić information content (AvgIpc) is 2.62. The van der Waals surface area contributed by atoms with Gasteiger partial charge in [0.1, 0.15) is 11.3 Å². The molecule has 0 radical (unpaired) electrons. The lowest BCUT2D eigenvalue weighted by Crippen LogP contribution is -2.29. The monoisotopic (exact) mass is 321 g/mol. The highest BCUT2D eigenvalue weighted by atomic mass is 16.3. The van der Waals surface area contributed by atoms with Crippen molar-refractivity contribution in [2.24, 2.45) is 0 Å². The van der Waals surface area contributed by atoms with E-state index in [9.17, 15) is 9.90 Å². The van der Waals surface area contributed by atoms with Crippen molar-refractivity contribution in [3.8, 4) is 5.75 Å². The summed E-state index contributed by atoms with van der Waals surface area (Å²) in [6, 6.07) is 10.7. The molecule has 3 rings (SSSR count). The molecule has 2 N–H and O–H groups in total. The first kappa shape index (κ1) is 15.9. The van der Waals surface area contributed by atoms with Gasteiger partial charge in [-0.2, -0.15) is 0 Å². The lowest BCUT2D eigenvalue weighted by molar-refractivity contribution is -0.121. The van der Waals surface area contributed by atoms with Crippen LogP contribution in [0.4, 0.5) is 0 Å². The summed E-state index contributed by atoms with van der Waals surface area (Å²) in [5.74, 6) is 0.0338. The minimum absolute atomic E-state index is 0.0557. The zero-order valence-corrected chi connectivity index (χ0v) is 13.4. The van der Waals surface area contributed by atoms with E-state index >= 15 is 0 Å². The highest BCUT2D eigenvalue weighted by Crippen LogP contribution is 2.34. The first-order valence-corrected chi connectivity index (χ1v) is 7.96. The second-order valence-electron chi connectivity index (χ2n) is 5.61. The molecule has 1 unspecified atom stereocenters. The van der Waals surface area contributed by atoms with Crippen molar-refractivity contribution < 1.29 is 9.90 Å². The molecule has 1 atom stereocenters. The first-order chi connectivity index (χ1) is 11.7. The third-order valence-corrected chi connectivity index (χ3v) is 3.91.